The van der Waals surface area contributed by atoms with Crippen LogP contribution in [0.1, 0.15) is 29.7 Å². The maximum atomic E-state index is 12.3. The van der Waals surface area contributed by atoms with Crippen molar-refractivity contribution in [3.63, 3.8) is 0 Å². The SMILES string of the molecule is Cc1ccc(SCC(=O)NC(C)c2ccc3c(c2)OCCO3)c(C)c1. The second-order valence-corrected chi connectivity index (χ2v) is 7.27. The number of rotatable bonds is 5. The highest BCUT2D eigenvalue weighted by Gasteiger charge is 2.16. The van der Waals surface area contributed by atoms with E-state index in [1.165, 1.54) is 11.1 Å². The summed E-state index contributed by atoms with van der Waals surface area (Å²) in [6, 6.07) is 12.0. The Labute approximate surface area is 152 Å². The number of hydrogen-bond acceptors (Lipinski definition) is 4. The van der Waals surface area contributed by atoms with E-state index in [0.717, 1.165) is 22.0 Å². The van der Waals surface area contributed by atoms with Crippen molar-refractivity contribution in [2.75, 3.05) is 19.0 Å². The molecule has 0 radical (unpaired) electrons. The van der Waals surface area contributed by atoms with Crippen molar-refractivity contribution < 1.29 is 14.3 Å². The molecule has 5 heteroatoms. The van der Waals surface area contributed by atoms with E-state index in [0.29, 0.717) is 19.0 Å². The molecule has 3 rings (SSSR count). The largest absolute Gasteiger partial charge is 0.486 e. The summed E-state index contributed by atoms with van der Waals surface area (Å²) in [6.07, 6.45) is 0. The van der Waals surface area contributed by atoms with Gasteiger partial charge >= 0.3 is 0 Å². The minimum Gasteiger partial charge on any atom is -0.486 e. The first-order chi connectivity index (χ1) is 12.0. The predicted molar refractivity (Wildman–Crippen MR) is 101 cm³/mol. The number of ether oxygens (including phenoxy) is 2. The summed E-state index contributed by atoms with van der Waals surface area (Å²) < 4.78 is 11.1. The average Bonchev–Trinajstić information content (AvgIpc) is 2.60. The van der Waals surface area contributed by atoms with E-state index in [-0.39, 0.29) is 11.9 Å². The highest BCUT2D eigenvalue weighted by atomic mass is 32.2. The van der Waals surface area contributed by atoms with Crippen LogP contribution in [0.2, 0.25) is 0 Å². The Bertz CT molecular complexity index is 776. The van der Waals surface area contributed by atoms with Gasteiger partial charge in [0.25, 0.3) is 0 Å². The molecule has 0 aromatic heterocycles. The van der Waals surface area contributed by atoms with Crippen LogP contribution in [-0.2, 0) is 4.79 Å². The molecule has 0 bridgehead atoms. The van der Waals surface area contributed by atoms with Gasteiger partial charge in [0.1, 0.15) is 13.2 Å². The Kier molecular flexibility index (Phi) is 5.53. The molecule has 4 nitrogen and oxygen atoms in total. The average molecular weight is 357 g/mol. The highest BCUT2D eigenvalue weighted by molar-refractivity contribution is 8.00. The normalized spacial score (nSPS) is 14.0. The quantitative estimate of drug-likeness (QED) is 0.821. The molecule has 1 unspecified atom stereocenters. The van der Waals surface area contributed by atoms with Crippen molar-refractivity contribution in [2.45, 2.75) is 31.7 Å². The lowest BCUT2D eigenvalue weighted by Gasteiger charge is -2.21. The van der Waals surface area contributed by atoms with Crippen LogP contribution >= 0.6 is 11.8 Å². The summed E-state index contributed by atoms with van der Waals surface area (Å²) in [4.78, 5) is 13.4. The van der Waals surface area contributed by atoms with Gasteiger partial charge in [-0.15, -0.1) is 11.8 Å². The summed E-state index contributed by atoms with van der Waals surface area (Å²) in [5, 5.41) is 3.05. The van der Waals surface area contributed by atoms with Gasteiger partial charge in [-0.1, -0.05) is 23.8 Å². The molecule has 1 aliphatic rings. The van der Waals surface area contributed by atoms with Gasteiger partial charge in [-0.3, -0.25) is 4.79 Å². The maximum absolute atomic E-state index is 12.3. The fourth-order valence-corrected chi connectivity index (χ4v) is 3.62. The predicted octanol–water partition coefficient (Wildman–Crippen LogP) is 4.04. The van der Waals surface area contributed by atoms with E-state index in [1.807, 2.05) is 25.1 Å². The lowest BCUT2D eigenvalue weighted by Crippen LogP contribution is -2.28. The van der Waals surface area contributed by atoms with E-state index < -0.39 is 0 Å². The molecule has 1 heterocycles. The molecular weight excluding hydrogens is 334 g/mol. The van der Waals surface area contributed by atoms with Gasteiger partial charge in [0.15, 0.2) is 11.5 Å². The molecule has 2 aromatic rings. The smallest absolute Gasteiger partial charge is 0.230 e. The monoisotopic (exact) mass is 357 g/mol. The van der Waals surface area contributed by atoms with E-state index in [9.17, 15) is 4.79 Å². The Morgan fingerprint density at radius 3 is 2.64 bits per heavy atom. The van der Waals surface area contributed by atoms with Crippen LogP contribution < -0.4 is 14.8 Å². The second-order valence-electron chi connectivity index (χ2n) is 6.25. The van der Waals surface area contributed by atoms with Crippen molar-refractivity contribution in [1.82, 2.24) is 5.32 Å². The second kappa shape index (κ2) is 7.83. The van der Waals surface area contributed by atoms with E-state index >= 15 is 0 Å². The maximum Gasteiger partial charge on any atom is 0.230 e. The zero-order valence-corrected chi connectivity index (χ0v) is 15.6. The zero-order valence-electron chi connectivity index (χ0n) is 14.8. The number of benzene rings is 2. The topological polar surface area (TPSA) is 47.6 Å². The van der Waals surface area contributed by atoms with Crippen molar-refractivity contribution in [3.8, 4) is 11.5 Å². The summed E-state index contributed by atoms with van der Waals surface area (Å²) in [6.45, 7) is 7.26. The molecule has 0 fully saturated rings. The number of nitrogens with one attached hydrogen (secondary N) is 1. The van der Waals surface area contributed by atoms with Crippen molar-refractivity contribution in [3.05, 3.63) is 53.1 Å². The lowest BCUT2D eigenvalue weighted by atomic mass is 10.1. The van der Waals surface area contributed by atoms with Gasteiger partial charge in [-0.2, -0.15) is 0 Å². The lowest BCUT2D eigenvalue weighted by molar-refractivity contribution is -0.119. The summed E-state index contributed by atoms with van der Waals surface area (Å²) in [5.74, 6) is 1.93. The molecule has 1 atom stereocenters. The van der Waals surface area contributed by atoms with Crippen LogP contribution in [0.15, 0.2) is 41.3 Å². The number of thioether (sulfide) groups is 1. The minimum atomic E-state index is -0.0805. The molecule has 1 N–H and O–H groups in total. The van der Waals surface area contributed by atoms with Crippen LogP contribution in [0, 0.1) is 13.8 Å². The van der Waals surface area contributed by atoms with Crippen molar-refractivity contribution in [1.29, 1.82) is 0 Å². The van der Waals surface area contributed by atoms with E-state index in [1.54, 1.807) is 11.8 Å². The Morgan fingerprint density at radius 1 is 1.12 bits per heavy atom. The van der Waals surface area contributed by atoms with Gasteiger partial charge < -0.3 is 14.8 Å². The first-order valence-corrected chi connectivity index (χ1v) is 9.40. The summed E-state index contributed by atoms with van der Waals surface area (Å²) in [7, 11) is 0. The fourth-order valence-electron chi connectivity index (χ4n) is 2.80. The molecular formula is C20H23NO3S. The number of hydrogen-bond donors (Lipinski definition) is 1. The Hall–Kier alpha value is -2.14. The molecule has 2 aromatic carbocycles. The number of amides is 1. The number of fused-ring (bicyclic) bond motifs is 1. The standard InChI is InChI=1S/C20H23NO3S/c1-13-4-7-19(14(2)10-13)25-12-20(22)21-15(3)16-5-6-17-18(11-16)24-9-8-23-17/h4-7,10-11,15H,8-9,12H2,1-3H3,(H,21,22). The summed E-state index contributed by atoms with van der Waals surface area (Å²) in [5.41, 5.74) is 3.45. The first-order valence-electron chi connectivity index (χ1n) is 8.42. The van der Waals surface area contributed by atoms with Crippen molar-refractivity contribution in [2.24, 2.45) is 0 Å². The van der Waals surface area contributed by atoms with Gasteiger partial charge in [0.05, 0.1) is 11.8 Å². The van der Waals surface area contributed by atoms with Crippen LogP contribution in [0.5, 0.6) is 11.5 Å². The highest BCUT2D eigenvalue weighted by Crippen LogP contribution is 2.32. The Balaban J connectivity index is 1.57. The third-order valence-electron chi connectivity index (χ3n) is 4.13. The molecule has 0 saturated heterocycles. The molecule has 0 saturated carbocycles. The van der Waals surface area contributed by atoms with Gasteiger partial charge in [0.2, 0.25) is 5.91 Å². The number of carbonyl (C=O) groups is 1. The third-order valence-corrected chi connectivity index (χ3v) is 5.31. The summed E-state index contributed by atoms with van der Waals surface area (Å²) >= 11 is 1.57. The molecule has 1 amide bonds. The molecule has 1 aliphatic heterocycles. The van der Waals surface area contributed by atoms with Crippen LogP contribution in [0.25, 0.3) is 0 Å². The molecule has 132 valence electrons. The Morgan fingerprint density at radius 2 is 1.88 bits per heavy atom. The van der Waals surface area contributed by atoms with Gasteiger partial charge in [-0.05, 0) is 50.1 Å². The first kappa shape index (κ1) is 17.7. The molecule has 0 aliphatic carbocycles. The minimum absolute atomic E-state index is 0.0207. The van der Waals surface area contributed by atoms with Crippen LogP contribution in [-0.4, -0.2) is 24.9 Å². The fraction of sp³-hybridized carbons (Fsp3) is 0.350. The van der Waals surface area contributed by atoms with E-state index in [4.69, 9.17) is 9.47 Å². The van der Waals surface area contributed by atoms with Crippen molar-refractivity contribution >= 4 is 17.7 Å². The zero-order chi connectivity index (χ0) is 17.8. The number of aryl methyl sites for hydroxylation is 2. The molecule has 25 heavy (non-hydrogen) atoms. The molecule has 0 spiro atoms. The van der Waals surface area contributed by atoms with E-state index in [2.05, 4.69) is 37.4 Å². The number of carbonyl (C=O) groups excluding carboxylic acids is 1. The third kappa shape index (κ3) is 4.48. The van der Waals surface area contributed by atoms with Gasteiger partial charge in [0, 0.05) is 4.90 Å². The van der Waals surface area contributed by atoms with Crippen LogP contribution in [0.4, 0.5) is 0 Å². The van der Waals surface area contributed by atoms with Gasteiger partial charge in [-0.25, -0.2) is 0 Å². The van der Waals surface area contributed by atoms with Crippen LogP contribution in [0.3, 0.4) is 0 Å².